The van der Waals surface area contributed by atoms with E-state index in [1.54, 1.807) is 6.42 Å². The Morgan fingerprint density at radius 3 is 1.67 bits per heavy atom. The van der Waals surface area contributed by atoms with Crippen LogP contribution in [0.1, 0.15) is 139 Å². The Hall–Kier alpha value is -1.15. The van der Waals surface area contributed by atoms with Crippen LogP contribution in [-0.4, -0.2) is 52.8 Å². The maximum Gasteiger partial charge on any atom is 0.304 e. The van der Waals surface area contributed by atoms with Crippen molar-refractivity contribution < 1.29 is 27.5 Å². The first-order chi connectivity index (χ1) is 19.9. The lowest BCUT2D eigenvalue weighted by molar-refractivity contribution is -0.149. The van der Waals surface area contributed by atoms with Crippen LogP contribution in [0, 0.1) is 41.4 Å². The number of carbonyl (C=O) groups excluding carboxylic acids is 2. The van der Waals surface area contributed by atoms with Gasteiger partial charge in [-0.25, -0.2) is 8.42 Å². The van der Waals surface area contributed by atoms with E-state index in [1.165, 1.54) is 78.7 Å². The number of hydrogen-bond donors (Lipinski definition) is 1. The number of rotatable bonds is 5. The zero-order valence-corrected chi connectivity index (χ0v) is 31.0. The number of ether oxygens (including phenoxy) is 2. The maximum atomic E-state index is 10.4. The lowest BCUT2D eigenvalue weighted by atomic mass is 9.63. The van der Waals surface area contributed by atoms with Crippen molar-refractivity contribution in [3.8, 4) is 0 Å². The molecule has 0 spiro atoms. The number of piperidine rings is 1. The van der Waals surface area contributed by atoms with Gasteiger partial charge in [0.25, 0.3) is 0 Å². The van der Waals surface area contributed by atoms with E-state index in [4.69, 9.17) is 4.74 Å². The molecule has 7 unspecified atom stereocenters. The molecule has 7 nitrogen and oxygen atoms in total. The van der Waals surface area contributed by atoms with Gasteiger partial charge < -0.3 is 9.47 Å². The number of methoxy groups -OCH3 is 1. The van der Waals surface area contributed by atoms with Crippen LogP contribution in [0.3, 0.4) is 0 Å². The molecule has 3 rings (SSSR count). The predicted molar refractivity (Wildman–Crippen MR) is 182 cm³/mol. The third-order valence-corrected chi connectivity index (χ3v) is 9.05. The zero-order chi connectivity index (χ0) is 33.6. The van der Waals surface area contributed by atoms with Crippen molar-refractivity contribution in [1.29, 1.82) is 0 Å². The summed E-state index contributed by atoms with van der Waals surface area (Å²) in [6.07, 6.45) is 18.9. The summed E-state index contributed by atoms with van der Waals surface area (Å²) in [6, 6.07) is 0. The normalized spacial score (nSPS) is 28.5. The zero-order valence-electron chi connectivity index (χ0n) is 30.2. The van der Waals surface area contributed by atoms with Crippen LogP contribution in [0.5, 0.6) is 0 Å². The second-order valence-electron chi connectivity index (χ2n) is 13.8. The van der Waals surface area contributed by atoms with Crippen LogP contribution in [0.25, 0.3) is 0 Å². The van der Waals surface area contributed by atoms with Gasteiger partial charge in [0.15, 0.2) is 6.23 Å². The molecule has 0 aromatic heterocycles. The molecular formula is C35H71NO6S. The molecule has 1 heterocycles. The van der Waals surface area contributed by atoms with Crippen LogP contribution in [0.2, 0.25) is 0 Å². The van der Waals surface area contributed by atoms with Crippen LogP contribution >= 0.6 is 0 Å². The lowest BCUT2D eigenvalue weighted by Crippen LogP contribution is -2.37. The maximum absolute atomic E-state index is 10.4. The third kappa shape index (κ3) is 26.9. The smallest absolute Gasteiger partial charge is 0.304 e. The SMILES string of the molecule is CC(=O)OC1CCCCN1.CCC(C)C.CCCC1CC(C2CCC(C)C(C)C2)CCC1C.COC(C)=O.CS(C)(=O)=O. The summed E-state index contributed by atoms with van der Waals surface area (Å²) in [7, 11) is -1.32. The molecule has 0 aromatic carbocycles. The molecule has 1 N–H and O–H groups in total. The van der Waals surface area contributed by atoms with E-state index < -0.39 is 9.84 Å². The molecule has 2 saturated carbocycles. The Morgan fingerprint density at radius 1 is 0.814 bits per heavy atom. The van der Waals surface area contributed by atoms with E-state index in [9.17, 15) is 18.0 Å². The first kappa shape index (κ1) is 44.0. The fourth-order valence-electron chi connectivity index (χ4n) is 5.79. The van der Waals surface area contributed by atoms with Gasteiger partial charge in [-0.15, -0.1) is 0 Å². The molecule has 43 heavy (non-hydrogen) atoms. The van der Waals surface area contributed by atoms with E-state index in [2.05, 4.69) is 58.5 Å². The highest BCUT2D eigenvalue weighted by atomic mass is 32.2. The van der Waals surface area contributed by atoms with Crippen molar-refractivity contribution in [3.63, 3.8) is 0 Å². The fourth-order valence-corrected chi connectivity index (χ4v) is 5.79. The van der Waals surface area contributed by atoms with E-state index in [1.807, 2.05) is 0 Å². The minimum absolute atomic E-state index is 0.0220. The standard InChI is InChI=1S/C18H34.C7H13NO2.C5H12.C3H6O2.C2H6O2S/c1-5-6-16-12-18(10-8-14(16)3)17-9-7-13(2)15(4)11-17;1-6(9)10-7-4-2-3-5-8-7;1-4-5(2)3;1-3(4)5-2;1-5(2,3)4/h13-18H,5-12H2,1-4H3;7-8H,2-5H2,1H3;5H,4H2,1-3H3;2*1-2H3. The largest absolute Gasteiger partial charge is 0.469 e. The molecule has 0 amide bonds. The molecule has 2 aliphatic carbocycles. The van der Waals surface area contributed by atoms with Crippen molar-refractivity contribution in [2.24, 2.45) is 41.4 Å². The predicted octanol–water partition coefficient (Wildman–Crippen LogP) is 8.45. The monoisotopic (exact) mass is 634 g/mol. The van der Waals surface area contributed by atoms with Gasteiger partial charge in [0, 0.05) is 26.4 Å². The van der Waals surface area contributed by atoms with E-state index >= 15 is 0 Å². The van der Waals surface area contributed by atoms with Gasteiger partial charge in [-0.2, -0.15) is 0 Å². The third-order valence-electron chi connectivity index (χ3n) is 9.05. The van der Waals surface area contributed by atoms with Gasteiger partial charge in [0.05, 0.1) is 7.11 Å². The Kier molecular flexibility index (Phi) is 25.7. The molecule has 258 valence electrons. The Balaban J connectivity index is 0. The molecule has 0 aromatic rings. The fraction of sp³-hybridized carbons (Fsp3) is 0.943. The summed E-state index contributed by atoms with van der Waals surface area (Å²) in [6.45, 7) is 20.2. The van der Waals surface area contributed by atoms with Gasteiger partial charge >= 0.3 is 11.9 Å². The van der Waals surface area contributed by atoms with Crippen molar-refractivity contribution in [2.45, 2.75) is 146 Å². The number of nitrogens with one attached hydrogen (secondary N) is 1. The van der Waals surface area contributed by atoms with E-state index in [0.717, 1.165) is 73.3 Å². The molecule has 0 bridgehead atoms. The van der Waals surface area contributed by atoms with Crippen LogP contribution < -0.4 is 5.32 Å². The summed E-state index contributed by atoms with van der Waals surface area (Å²) >= 11 is 0. The molecule has 8 heteroatoms. The molecule has 3 aliphatic rings. The second-order valence-corrected chi connectivity index (χ2v) is 16.1. The number of hydrogen-bond acceptors (Lipinski definition) is 7. The molecule has 0 radical (unpaired) electrons. The number of carbonyl (C=O) groups is 2. The Morgan fingerprint density at radius 2 is 1.30 bits per heavy atom. The van der Waals surface area contributed by atoms with Gasteiger partial charge in [0.1, 0.15) is 9.84 Å². The quantitative estimate of drug-likeness (QED) is 0.303. The molecule has 3 fully saturated rings. The minimum atomic E-state index is -2.67. The first-order valence-corrected chi connectivity index (χ1v) is 19.3. The second kappa shape index (κ2) is 25.1. The minimum Gasteiger partial charge on any atom is -0.469 e. The summed E-state index contributed by atoms with van der Waals surface area (Å²) in [4.78, 5) is 20.0. The molecule has 1 aliphatic heterocycles. The van der Waals surface area contributed by atoms with Gasteiger partial charge in [0.2, 0.25) is 0 Å². The van der Waals surface area contributed by atoms with Crippen molar-refractivity contribution in [1.82, 2.24) is 5.32 Å². The number of esters is 2. The summed E-state index contributed by atoms with van der Waals surface area (Å²) < 4.78 is 28.3. The average molecular weight is 634 g/mol. The Bertz CT molecular complexity index is 801. The van der Waals surface area contributed by atoms with E-state index in [0.29, 0.717) is 0 Å². The molecular weight excluding hydrogens is 562 g/mol. The summed E-state index contributed by atoms with van der Waals surface area (Å²) in [5.41, 5.74) is 0. The number of sulfone groups is 1. The summed E-state index contributed by atoms with van der Waals surface area (Å²) in [5, 5.41) is 3.11. The van der Waals surface area contributed by atoms with E-state index in [-0.39, 0.29) is 18.2 Å². The highest BCUT2D eigenvalue weighted by Crippen LogP contribution is 2.45. The molecule has 1 saturated heterocycles. The van der Waals surface area contributed by atoms with Crippen molar-refractivity contribution in [3.05, 3.63) is 0 Å². The van der Waals surface area contributed by atoms with Crippen molar-refractivity contribution >= 4 is 21.8 Å². The Labute approximate surface area is 267 Å². The lowest BCUT2D eigenvalue weighted by Gasteiger charge is -2.42. The highest BCUT2D eigenvalue weighted by molar-refractivity contribution is 7.89. The van der Waals surface area contributed by atoms with Crippen molar-refractivity contribution in [2.75, 3.05) is 26.2 Å². The van der Waals surface area contributed by atoms with Crippen LogP contribution in [-0.2, 0) is 28.9 Å². The van der Waals surface area contributed by atoms with Gasteiger partial charge in [-0.05, 0) is 92.9 Å². The average Bonchev–Trinajstić information content (AvgIpc) is 2.92. The highest BCUT2D eigenvalue weighted by Gasteiger charge is 2.35. The topological polar surface area (TPSA) is 98.8 Å². The van der Waals surface area contributed by atoms with Crippen LogP contribution in [0.4, 0.5) is 0 Å². The molecule has 7 atom stereocenters. The van der Waals surface area contributed by atoms with Gasteiger partial charge in [-0.3, -0.25) is 14.9 Å². The van der Waals surface area contributed by atoms with Crippen LogP contribution in [0.15, 0.2) is 0 Å². The summed E-state index contributed by atoms with van der Waals surface area (Å²) in [5.74, 6) is 6.60. The first-order valence-electron chi connectivity index (χ1n) is 17.0. The van der Waals surface area contributed by atoms with Gasteiger partial charge in [-0.1, -0.05) is 80.6 Å².